The molecule has 4 nitrogen and oxygen atoms in total. The number of nitrogens with one attached hydrogen (secondary N) is 1. The van der Waals surface area contributed by atoms with Gasteiger partial charge in [0.15, 0.2) is 5.78 Å². The van der Waals surface area contributed by atoms with Crippen LogP contribution in [0.15, 0.2) is 72.8 Å². The molecule has 0 aliphatic carbocycles. The first kappa shape index (κ1) is 24.1. The lowest BCUT2D eigenvalue weighted by atomic mass is 9.87. The van der Waals surface area contributed by atoms with E-state index in [-0.39, 0.29) is 31.0 Å². The number of esters is 1. The first-order valence-corrected chi connectivity index (χ1v) is 10.9. The van der Waals surface area contributed by atoms with E-state index in [9.17, 15) is 18.4 Å². The summed E-state index contributed by atoms with van der Waals surface area (Å²) in [6.07, 6.45) is 0.310. The van der Waals surface area contributed by atoms with E-state index in [4.69, 9.17) is 4.74 Å². The van der Waals surface area contributed by atoms with Crippen molar-refractivity contribution >= 4 is 17.4 Å². The number of aryl methyl sites for hydroxylation is 1. The number of hydrogen-bond acceptors (Lipinski definition) is 4. The van der Waals surface area contributed by atoms with Gasteiger partial charge < -0.3 is 10.1 Å². The van der Waals surface area contributed by atoms with Crippen LogP contribution in [0.5, 0.6) is 0 Å². The SMILES string of the molecule is CCOC(=O)C(CCC(=O)c1ccc(F)cc1)[C@H](Nc1ccc(F)cc1)c1ccc(C)cc1. The molecule has 2 atom stereocenters. The van der Waals surface area contributed by atoms with Crippen LogP contribution < -0.4 is 5.32 Å². The van der Waals surface area contributed by atoms with Crippen LogP contribution in [-0.4, -0.2) is 18.4 Å². The van der Waals surface area contributed by atoms with Gasteiger partial charge in [-0.2, -0.15) is 0 Å². The highest BCUT2D eigenvalue weighted by Crippen LogP contribution is 2.32. The third-order valence-electron chi connectivity index (χ3n) is 5.44. The smallest absolute Gasteiger partial charge is 0.311 e. The number of hydrogen-bond donors (Lipinski definition) is 1. The van der Waals surface area contributed by atoms with Gasteiger partial charge in [-0.1, -0.05) is 29.8 Å². The summed E-state index contributed by atoms with van der Waals surface area (Å²) in [5, 5.41) is 3.32. The van der Waals surface area contributed by atoms with Gasteiger partial charge in [0.25, 0.3) is 0 Å². The fraction of sp³-hybridized carbons (Fsp3) is 0.259. The lowest BCUT2D eigenvalue weighted by Gasteiger charge is -2.28. The van der Waals surface area contributed by atoms with Crippen LogP contribution >= 0.6 is 0 Å². The van der Waals surface area contributed by atoms with E-state index in [2.05, 4.69) is 5.32 Å². The Bertz CT molecular complexity index is 1060. The van der Waals surface area contributed by atoms with Crippen LogP contribution in [0.4, 0.5) is 14.5 Å². The average molecular weight is 452 g/mol. The highest BCUT2D eigenvalue weighted by Gasteiger charge is 2.31. The van der Waals surface area contributed by atoms with Gasteiger partial charge >= 0.3 is 5.97 Å². The normalized spacial score (nSPS) is 12.6. The molecule has 1 N–H and O–H groups in total. The summed E-state index contributed by atoms with van der Waals surface area (Å²) >= 11 is 0. The third kappa shape index (κ3) is 6.72. The van der Waals surface area contributed by atoms with Gasteiger partial charge in [-0.15, -0.1) is 0 Å². The zero-order valence-electron chi connectivity index (χ0n) is 18.7. The van der Waals surface area contributed by atoms with Crippen molar-refractivity contribution in [1.82, 2.24) is 0 Å². The molecule has 172 valence electrons. The molecule has 0 spiro atoms. The molecule has 0 radical (unpaired) electrons. The predicted octanol–water partition coefficient (Wildman–Crippen LogP) is 6.27. The van der Waals surface area contributed by atoms with Gasteiger partial charge in [-0.25, -0.2) is 8.78 Å². The number of carbonyl (C=O) groups is 2. The van der Waals surface area contributed by atoms with E-state index in [0.717, 1.165) is 11.1 Å². The Hall–Kier alpha value is -3.54. The highest BCUT2D eigenvalue weighted by molar-refractivity contribution is 5.96. The molecule has 0 aromatic heterocycles. The monoisotopic (exact) mass is 451 g/mol. The molecule has 3 rings (SSSR count). The van der Waals surface area contributed by atoms with Gasteiger partial charge in [0.2, 0.25) is 0 Å². The first-order chi connectivity index (χ1) is 15.9. The molecule has 0 fully saturated rings. The molecule has 1 unspecified atom stereocenters. The van der Waals surface area contributed by atoms with Crippen LogP contribution in [-0.2, 0) is 9.53 Å². The predicted molar refractivity (Wildman–Crippen MR) is 124 cm³/mol. The Kier molecular flexibility index (Phi) is 8.30. The van der Waals surface area contributed by atoms with Gasteiger partial charge in [-0.05, 0) is 74.4 Å². The third-order valence-corrected chi connectivity index (χ3v) is 5.44. The summed E-state index contributed by atoms with van der Waals surface area (Å²) in [4.78, 5) is 25.7. The Balaban J connectivity index is 1.89. The molecular formula is C27H27F2NO3. The molecule has 0 bridgehead atoms. The fourth-order valence-corrected chi connectivity index (χ4v) is 3.65. The van der Waals surface area contributed by atoms with E-state index in [0.29, 0.717) is 11.3 Å². The van der Waals surface area contributed by atoms with E-state index in [1.165, 1.54) is 36.4 Å². The first-order valence-electron chi connectivity index (χ1n) is 10.9. The second-order valence-corrected chi connectivity index (χ2v) is 7.87. The average Bonchev–Trinajstić information content (AvgIpc) is 2.81. The van der Waals surface area contributed by atoms with Gasteiger partial charge in [0.05, 0.1) is 18.6 Å². The Morgan fingerprint density at radius 2 is 1.45 bits per heavy atom. The van der Waals surface area contributed by atoms with Crippen molar-refractivity contribution in [2.24, 2.45) is 5.92 Å². The molecule has 0 aliphatic heterocycles. The van der Waals surface area contributed by atoms with Gasteiger partial charge in [0, 0.05) is 17.7 Å². The summed E-state index contributed by atoms with van der Waals surface area (Å²) in [6, 6.07) is 18.5. The second kappa shape index (κ2) is 11.4. The van der Waals surface area contributed by atoms with E-state index >= 15 is 0 Å². The molecule has 0 saturated carbocycles. The lowest BCUT2D eigenvalue weighted by Crippen LogP contribution is -2.30. The van der Waals surface area contributed by atoms with Crippen molar-refractivity contribution in [2.45, 2.75) is 32.7 Å². The standard InChI is InChI=1S/C27H27F2NO3/c1-3-33-27(32)24(16-17-25(31)19-8-10-21(28)11-9-19)26(20-6-4-18(2)5-7-20)30-23-14-12-22(29)13-15-23/h4-15,24,26,30H,3,16-17H2,1-2H3/t24?,26-/m1/s1. The molecule has 0 saturated heterocycles. The van der Waals surface area contributed by atoms with Crippen molar-refractivity contribution < 1.29 is 23.1 Å². The minimum Gasteiger partial charge on any atom is -0.466 e. The molecule has 3 aromatic carbocycles. The van der Waals surface area contributed by atoms with E-state index in [1.807, 2.05) is 31.2 Å². The largest absolute Gasteiger partial charge is 0.466 e. The minimum atomic E-state index is -0.679. The van der Waals surface area contributed by atoms with Crippen molar-refractivity contribution in [3.63, 3.8) is 0 Å². The van der Waals surface area contributed by atoms with Crippen molar-refractivity contribution in [3.8, 4) is 0 Å². The number of Topliss-reactive ketones (excluding diaryl/α,β-unsaturated/α-hetero) is 1. The molecule has 3 aromatic rings. The number of carbonyl (C=O) groups excluding carboxylic acids is 2. The fourth-order valence-electron chi connectivity index (χ4n) is 3.65. The van der Waals surface area contributed by atoms with Crippen molar-refractivity contribution in [3.05, 3.63) is 101 Å². The zero-order valence-corrected chi connectivity index (χ0v) is 18.7. The quantitative estimate of drug-likeness (QED) is 0.292. The second-order valence-electron chi connectivity index (χ2n) is 7.87. The molecule has 6 heteroatoms. The van der Waals surface area contributed by atoms with Crippen molar-refractivity contribution in [2.75, 3.05) is 11.9 Å². The zero-order chi connectivity index (χ0) is 23.8. The number of rotatable bonds is 10. The Morgan fingerprint density at radius 3 is 2.03 bits per heavy atom. The van der Waals surface area contributed by atoms with E-state index in [1.54, 1.807) is 19.1 Å². The summed E-state index contributed by atoms with van der Waals surface area (Å²) in [6.45, 7) is 3.90. The lowest BCUT2D eigenvalue weighted by molar-refractivity contribution is -0.148. The number of halogens is 2. The van der Waals surface area contributed by atoms with Crippen LogP contribution in [0.25, 0.3) is 0 Å². The Morgan fingerprint density at radius 1 is 0.879 bits per heavy atom. The van der Waals surface area contributed by atoms with Crippen LogP contribution in [0.2, 0.25) is 0 Å². The maximum atomic E-state index is 13.4. The molecule has 0 amide bonds. The number of anilines is 1. The molecule has 0 heterocycles. The molecule has 0 aliphatic rings. The molecule has 33 heavy (non-hydrogen) atoms. The van der Waals surface area contributed by atoms with Crippen LogP contribution in [0.3, 0.4) is 0 Å². The van der Waals surface area contributed by atoms with Gasteiger partial charge in [0.1, 0.15) is 11.6 Å². The van der Waals surface area contributed by atoms with Crippen LogP contribution in [0, 0.1) is 24.5 Å². The van der Waals surface area contributed by atoms with Crippen LogP contribution in [0.1, 0.15) is 47.3 Å². The topological polar surface area (TPSA) is 55.4 Å². The van der Waals surface area contributed by atoms with Crippen molar-refractivity contribution in [1.29, 1.82) is 0 Å². The summed E-state index contributed by atoms with van der Waals surface area (Å²) in [5.41, 5.74) is 2.94. The van der Waals surface area contributed by atoms with E-state index < -0.39 is 23.7 Å². The van der Waals surface area contributed by atoms with Gasteiger partial charge in [-0.3, -0.25) is 9.59 Å². The Labute approximate surface area is 192 Å². The number of benzene rings is 3. The summed E-state index contributed by atoms with van der Waals surface area (Å²) < 4.78 is 32.0. The number of ketones is 1. The minimum absolute atomic E-state index is 0.0859. The maximum absolute atomic E-state index is 13.4. The molecular weight excluding hydrogens is 424 g/mol. The highest BCUT2D eigenvalue weighted by atomic mass is 19.1. The summed E-state index contributed by atoms with van der Waals surface area (Å²) in [7, 11) is 0. The summed E-state index contributed by atoms with van der Waals surface area (Å²) in [5.74, 6) is -2.07. The maximum Gasteiger partial charge on any atom is 0.311 e. The number of ether oxygens (including phenoxy) is 1.